The van der Waals surface area contributed by atoms with Gasteiger partial charge in [0.15, 0.2) is 5.17 Å². The van der Waals surface area contributed by atoms with Crippen LogP contribution in [0.2, 0.25) is 0 Å². The molecular weight excluding hydrogens is 294 g/mol. The van der Waals surface area contributed by atoms with E-state index in [2.05, 4.69) is 10.1 Å². The maximum Gasteiger partial charge on any atom is 0.335 e. The third-order valence-electron chi connectivity index (χ3n) is 2.66. The van der Waals surface area contributed by atoms with Crippen LogP contribution in [-0.4, -0.2) is 57.7 Å². The predicted octanol–water partition coefficient (Wildman–Crippen LogP) is 0.633. The van der Waals surface area contributed by atoms with E-state index in [1.54, 1.807) is 23.4 Å². The summed E-state index contributed by atoms with van der Waals surface area (Å²) in [4.78, 5) is 15.1. The zero-order valence-corrected chi connectivity index (χ0v) is 11.9. The number of aromatic carboxylic acids is 1. The fraction of sp³-hybridized carbons (Fsp3) is 0.308. The average molecular weight is 309 g/mol. The highest BCUT2D eigenvalue weighted by Crippen LogP contribution is 2.22. The molecule has 7 nitrogen and oxygen atoms in total. The minimum Gasteiger partial charge on any atom is -0.478 e. The predicted molar refractivity (Wildman–Crippen MR) is 82.2 cm³/mol. The molecule has 0 saturated heterocycles. The van der Waals surface area contributed by atoms with Crippen LogP contribution in [0, 0.1) is 0 Å². The Hall–Kier alpha value is -1.90. The van der Waals surface area contributed by atoms with Crippen LogP contribution >= 0.6 is 11.8 Å². The lowest BCUT2D eigenvalue weighted by molar-refractivity contribution is 0.0697. The summed E-state index contributed by atoms with van der Waals surface area (Å²) < 4.78 is 0. The molecule has 1 aliphatic heterocycles. The largest absolute Gasteiger partial charge is 0.478 e. The summed E-state index contributed by atoms with van der Waals surface area (Å²) in [5, 5.41) is 33.5. The second kappa shape index (κ2) is 7.21. The van der Waals surface area contributed by atoms with Gasteiger partial charge in [-0.05, 0) is 24.3 Å². The molecule has 0 aliphatic carbocycles. The molecule has 2 rings (SSSR count). The highest BCUT2D eigenvalue weighted by atomic mass is 32.2. The van der Waals surface area contributed by atoms with Gasteiger partial charge >= 0.3 is 5.97 Å². The Bertz CT molecular complexity index is 559. The van der Waals surface area contributed by atoms with Gasteiger partial charge in [0.1, 0.15) is 0 Å². The number of anilines is 1. The zero-order valence-electron chi connectivity index (χ0n) is 11.1. The number of hydrazone groups is 1. The zero-order chi connectivity index (χ0) is 15.2. The lowest BCUT2D eigenvalue weighted by Gasteiger charge is -2.23. The first-order valence-corrected chi connectivity index (χ1v) is 7.22. The molecule has 3 N–H and O–H groups in total. The topological polar surface area (TPSA) is 106 Å². The monoisotopic (exact) mass is 309 g/mol. The minimum absolute atomic E-state index is 0.196. The van der Waals surface area contributed by atoms with Crippen LogP contribution < -0.4 is 5.01 Å². The van der Waals surface area contributed by atoms with E-state index in [4.69, 9.17) is 10.2 Å². The summed E-state index contributed by atoms with van der Waals surface area (Å²) in [6.07, 6.45) is 0.817. The Labute approximate surface area is 125 Å². The summed E-state index contributed by atoms with van der Waals surface area (Å²) in [6, 6.07) is 6.27. The Morgan fingerprint density at radius 2 is 2.10 bits per heavy atom. The highest BCUT2D eigenvalue weighted by Gasteiger charge is 2.17. The first-order chi connectivity index (χ1) is 10.1. The molecule has 112 valence electrons. The van der Waals surface area contributed by atoms with Gasteiger partial charge in [0.2, 0.25) is 0 Å². The van der Waals surface area contributed by atoms with Gasteiger partial charge in [-0.1, -0.05) is 11.8 Å². The third kappa shape index (κ3) is 4.03. The number of nitrogens with zero attached hydrogens (tertiary/aromatic N) is 3. The highest BCUT2D eigenvalue weighted by molar-refractivity contribution is 8.14. The number of carboxylic acids is 1. The molecule has 0 bridgehead atoms. The Kier molecular flexibility index (Phi) is 5.32. The average Bonchev–Trinajstić information content (AvgIpc) is 2.53. The second-order valence-corrected chi connectivity index (χ2v) is 5.22. The summed E-state index contributed by atoms with van der Waals surface area (Å²) in [7, 11) is 0. The molecule has 1 unspecified atom stereocenters. The molecule has 21 heavy (non-hydrogen) atoms. The fourth-order valence-corrected chi connectivity index (χ4v) is 2.49. The van der Waals surface area contributed by atoms with E-state index >= 15 is 0 Å². The molecule has 1 aromatic carbocycles. The molecule has 0 amide bonds. The van der Waals surface area contributed by atoms with Gasteiger partial charge in [-0.15, -0.1) is 0 Å². The van der Waals surface area contributed by atoms with Gasteiger partial charge in [0.05, 0.1) is 30.5 Å². The summed E-state index contributed by atoms with van der Waals surface area (Å²) >= 11 is 1.28. The van der Waals surface area contributed by atoms with Crippen molar-refractivity contribution >= 4 is 34.8 Å². The standard InChI is InChI=1S/C13H15N3O4S/c17-7-11(18)8-21-13-14-5-6-15-16(13)10-3-1-9(2-4-10)12(19)20/h1-4,6,11,17-18H,5,7-8H2,(H,19,20). The molecule has 1 atom stereocenters. The van der Waals surface area contributed by atoms with Crippen molar-refractivity contribution in [2.75, 3.05) is 23.9 Å². The van der Waals surface area contributed by atoms with Gasteiger partial charge in [0.25, 0.3) is 0 Å². The van der Waals surface area contributed by atoms with E-state index in [-0.39, 0.29) is 12.2 Å². The van der Waals surface area contributed by atoms with Crippen LogP contribution in [0.5, 0.6) is 0 Å². The first-order valence-electron chi connectivity index (χ1n) is 6.24. The van der Waals surface area contributed by atoms with E-state index in [9.17, 15) is 9.90 Å². The van der Waals surface area contributed by atoms with Crippen molar-refractivity contribution in [3.63, 3.8) is 0 Å². The van der Waals surface area contributed by atoms with Gasteiger partial charge < -0.3 is 15.3 Å². The number of hydrogen-bond donors (Lipinski definition) is 3. The number of benzene rings is 1. The van der Waals surface area contributed by atoms with Crippen LogP contribution in [0.15, 0.2) is 34.4 Å². The van der Waals surface area contributed by atoms with Gasteiger partial charge in [-0.3, -0.25) is 4.99 Å². The molecule has 1 aliphatic rings. The Morgan fingerprint density at radius 3 is 2.71 bits per heavy atom. The van der Waals surface area contributed by atoms with Crippen LogP contribution in [0.25, 0.3) is 0 Å². The molecule has 0 radical (unpaired) electrons. The Balaban J connectivity index is 2.12. The van der Waals surface area contributed by atoms with Crippen LogP contribution in [0.4, 0.5) is 5.69 Å². The number of hydrogen-bond acceptors (Lipinski definition) is 7. The molecule has 1 heterocycles. The summed E-state index contributed by atoms with van der Waals surface area (Å²) in [6.45, 7) is 0.137. The number of aliphatic hydroxyl groups excluding tert-OH is 2. The molecule has 0 fully saturated rings. The minimum atomic E-state index is -0.988. The third-order valence-corrected chi connectivity index (χ3v) is 3.77. The van der Waals surface area contributed by atoms with Crippen LogP contribution in [0.3, 0.4) is 0 Å². The van der Waals surface area contributed by atoms with Crippen molar-refractivity contribution in [1.29, 1.82) is 0 Å². The first kappa shape index (κ1) is 15.5. The van der Waals surface area contributed by atoms with E-state index < -0.39 is 12.1 Å². The molecule has 8 heteroatoms. The molecular formula is C13H15N3O4S. The molecule has 0 saturated carbocycles. The van der Waals surface area contributed by atoms with Crippen molar-refractivity contribution in [1.82, 2.24) is 0 Å². The Morgan fingerprint density at radius 1 is 1.38 bits per heavy atom. The normalized spacial score (nSPS) is 15.7. The quantitative estimate of drug-likeness (QED) is 0.737. The van der Waals surface area contributed by atoms with Crippen LogP contribution in [-0.2, 0) is 0 Å². The summed E-state index contributed by atoms with van der Waals surface area (Å²) in [5.74, 6) is -0.688. The maximum atomic E-state index is 10.8. The number of thioether (sulfide) groups is 1. The van der Waals surface area contributed by atoms with Crippen molar-refractivity contribution in [3.8, 4) is 0 Å². The van der Waals surface area contributed by atoms with Gasteiger partial charge in [-0.2, -0.15) is 5.10 Å². The molecule has 0 spiro atoms. The number of carboxylic acid groups (broad SMARTS) is 1. The van der Waals surface area contributed by atoms with E-state index in [0.29, 0.717) is 23.2 Å². The maximum absolute atomic E-state index is 10.8. The lowest BCUT2D eigenvalue weighted by atomic mass is 10.2. The number of aliphatic hydroxyl groups is 2. The lowest BCUT2D eigenvalue weighted by Crippen LogP contribution is -2.28. The van der Waals surface area contributed by atoms with Crippen molar-refractivity contribution < 1.29 is 20.1 Å². The fourth-order valence-electron chi connectivity index (χ4n) is 1.61. The van der Waals surface area contributed by atoms with Gasteiger partial charge in [-0.25, -0.2) is 9.80 Å². The number of carbonyl (C=O) groups is 1. The van der Waals surface area contributed by atoms with Crippen molar-refractivity contribution in [2.45, 2.75) is 6.10 Å². The SMILES string of the molecule is O=C(O)c1ccc(N2N=CCN=C2SCC(O)CO)cc1. The summed E-state index contributed by atoms with van der Waals surface area (Å²) in [5.41, 5.74) is 0.877. The van der Waals surface area contributed by atoms with Crippen molar-refractivity contribution in [2.24, 2.45) is 10.1 Å². The van der Waals surface area contributed by atoms with Gasteiger partial charge in [0, 0.05) is 12.0 Å². The second-order valence-electron chi connectivity index (χ2n) is 4.23. The van der Waals surface area contributed by atoms with Crippen LogP contribution in [0.1, 0.15) is 10.4 Å². The molecule has 0 aromatic heterocycles. The smallest absolute Gasteiger partial charge is 0.335 e. The number of rotatable bonds is 5. The van der Waals surface area contributed by atoms with E-state index in [1.165, 1.54) is 23.9 Å². The van der Waals surface area contributed by atoms with E-state index in [0.717, 1.165) is 0 Å². The van der Waals surface area contributed by atoms with Crippen molar-refractivity contribution in [3.05, 3.63) is 29.8 Å². The number of amidine groups is 1. The number of aliphatic imine (C=N–C) groups is 1. The molecule has 1 aromatic rings. The van der Waals surface area contributed by atoms with E-state index in [1.807, 2.05) is 0 Å².